The van der Waals surface area contributed by atoms with Crippen LogP contribution in [0, 0.1) is 11.3 Å². The van der Waals surface area contributed by atoms with Gasteiger partial charge < -0.3 is 5.32 Å². The highest BCUT2D eigenvalue weighted by atomic mass is 32.2. The van der Waals surface area contributed by atoms with Gasteiger partial charge in [0.15, 0.2) is 0 Å². The molecule has 0 unspecified atom stereocenters. The van der Waals surface area contributed by atoms with Crippen LogP contribution in [0.5, 0.6) is 0 Å². The molecule has 2 aromatic carbocycles. The molecule has 3 heteroatoms. The van der Waals surface area contributed by atoms with E-state index in [4.69, 9.17) is 5.26 Å². The van der Waals surface area contributed by atoms with E-state index in [0.717, 1.165) is 18.8 Å². The van der Waals surface area contributed by atoms with E-state index < -0.39 is 0 Å². The number of nitrogens with one attached hydrogen (secondary N) is 1. The largest absolute Gasteiger partial charge is 0.312 e. The maximum atomic E-state index is 8.71. The number of nitrogens with zero attached hydrogens (tertiary/aromatic N) is 1. The molecule has 0 aromatic heterocycles. The van der Waals surface area contributed by atoms with E-state index in [1.165, 1.54) is 10.5 Å². The summed E-state index contributed by atoms with van der Waals surface area (Å²) in [5.74, 6) is 1.06. The van der Waals surface area contributed by atoms with Crippen LogP contribution in [0.15, 0.2) is 59.5 Å². The van der Waals surface area contributed by atoms with Crippen LogP contribution in [0.1, 0.15) is 11.1 Å². The summed E-state index contributed by atoms with van der Waals surface area (Å²) in [6.45, 7) is 1.82. The van der Waals surface area contributed by atoms with Crippen molar-refractivity contribution in [1.29, 1.82) is 5.26 Å². The summed E-state index contributed by atoms with van der Waals surface area (Å²) >= 11 is 1.86. The van der Waals surface area contributed by atoms with Gasteiger partial charge in [-0.25, -0.2) is 0 Å². The van der Waals surface area contributed by atoms with Crippen LogP contribution in [0.2, 0.25) is 0 Å². The molecule has 0 saturated carbocycles. The van der Waals surface area contributed by atoms with Crippen LogP contribution in [-0.2, 0) is 6.54 Å². The van der Waals surface area contributed by atoms with Crippen molar-refractivity contribution in [2.24, 2.45) is 0 Å². The monoisotopic (exact) mass is 268 g/mol. The Labute approximate surface area is 118 Å². The van der Waals surface area contributed by atoms with Gasteiger partial charge in [0.05, 0.1) is 11.6 Å². The third-order valence-electron chi connectivity index (χ3n) is 2.70. The number of benzene rings is 2. The van der Waals surface area contributed by atoms with E-state index in [9.17, 15) is 0 Å². The zero-order chi connectivity index (χ0) is 13.3. The predicted octanol–water partition coefficient (Wildman–Crippen LogP) is 3.44. The molecule has 0 saturated heterocycles. The number of rotatable bonds is 6. The minimum Gasteiger partial charge on any atom is -0.312 e. The maximum Gasteiger partial charge on any atom is 0.0991 e. The zero-order valence-electron chi connectivity index (χ0n) is 10.7. The molecule has 1 N–H and O–H groups in total. The molecular formula is C16H16N2S. The molecular weight excluding hydrogens is 252 g/mol. The molecule has 19 heavy (non-hydrogen) atoms. The summed E-state index contributed by atoms with van der Waals surface area (Å²) < 4.78 is 0. The van der Waals surface area contributed by atoms with E-state index >= 15 is 0 Å². The van der Waals surface area contributed by atoms with Crippen LogP contribution >= 0.6 is 11.8 Å². The molecule has 0 spiro atoms. The number of hydrogen-bond acceptors (Lipinski definition) is 3. The highest BCUT2D eigenvalue weighted by Crippen LogP contribution is 2.15. The van der Waals surface area contributed by atoms with Crippen molar-refractivity contribution in [3.05, 3.63) is 65.7 Å². The van der Waals surface area contributed by atoms with E-state index in [1.54, 1.807) is 0 Å². The molecule has 0 aliphatic heterocycles. The first-order valence-electron chi connectivity index (χ1n) is 6.26. The second-order valence-electron chi connectivity index (χ2n) is 4.15. The van der Waals surface area contributed by atoms with Gasteiger partial charge in [-0.1, -0.05) is 30.3 Å². The molecule has 0 heterocycles. The lowest BCUT2D eigenvalue weighted by atomic mass is 10.1. The molecule has 0 aliphatic carbocycles. The highest BCUT2D eigenvalue weighted by molar-refractivity contribution is 7.99. The lowest BCUT2D eigenvalue weighted by Crippen LogP contribution is -2.16. The summed E-state index contributed by atoms with van der Waals surface area (Å²) in [5.41, 5.74) is 1.92. The first kappa shape index (κ1) is 13.7. The Bertz CT molecular complexity index is 529. The van der Waals surface area contributed by atoms with Crippen molar-refractivity contribution < 1.29 is 0 Å². The minimum absolute atomic E-state index is 0.711. The summed E-state index contributed by atoms with van der Waals surface area (Å²) in [4.78, 5) is 1.31. The van der Waals surface area contributed by atoms with Gasteiger partial charge in [0.2, 0.25) is 0 Å². The third kappa shape index (κ3) is 4.78. The van der Waals surface area contributed by atoms with Crippen molar-refractivity contribution >= 4 is 11.8 Å². The molecule has 0 amide bonds. The Morgan fingerprint density at radius 1 is 1.00 bits per heavy atom. The molecule has 0 radical (unpaired) electrons. The maximum absolute atomic E-state index is 8.71. The number of hydrogen-bond donors (Lipinski definition) is 1. The fourth-order valence-corrected chi connectivity index (χ4v) is 2.52. The standard InChI is InChI=1S/C16H16N2S/c17-12-14-6-8-15(9-7-14)13-18-10-11-19-16-4-2-1-3-5-16/h1-9,18H,10-11,13H2. The first-order chi connectivity index (χ1) is 9.38. The van der Waals surface area contributed by atoms with Crippen LogP contribution < -0.4 is 5.32 Å². The molecule has 0 atom stereocenters. The van der Waals surface area contributed by atoms with Crippen LogP contribution in [0.3, 0.4) is 0 Å². The van der Waals surface area contributed by atoms with Gasteiger partial charge in [0.1, 0.15) is 0 Å². The summed E-state index contributed by atoms with van der Waals surface area (Å²) in [5, 5.41) is 12.1. The van der Waals surface area contributed by atoms with Gasteiger partial charge >= 0.3 is 0 Å². The van der Waals surface area contributed by atoms with Crippen LogP contribution in [0.4, 0.5) is 0 Å². The number of nitriles is 1. The minimum atomic E-state index is 0.711. The van der Waals surface area contributed by atoms with Crippen molar-refractivity contribution in [1.82, 2.24) is 5.32 Å². The second-order valence-corrected chi connectivity index (χ2v) is 5.32. The van der Waals surface area contributed by atoms with Crippen molar-refractivity contribution in [3.8, 4) is 6.07 Å². The summed E-state index contributed by atoms with van der Waals surface area (Å²) in [6.07, 6.45) is 0. The average Bonchev–Trinajstić information content (AvgIpc) is 2.49. The Morgan fingerprint density at radius 3 is 2.42 bits per heavy atom. The summed E-state index contributed by atoms with van der Waals surface area (Å²) in [6, 6.07) is 20.3. The quantitative estimate of drug-likeness (QED) is 0.644. The topological polar surface area (TPSA) is 35.8 Å². The van der Waals surface area contributed by atoms with Crippen LogP contribution in [-0.4, -0.2) is 12.3 Å². The van der Waals surface area contributed by atoms with Gasteiger partial charge in [-0.05, 0) is 29.8 Å². The Hall–Kier alpha value is -1.76. The van der Waals surface area contributed by atoms with Gasteiger partial charge in [0, 0.05) is 23.7 Å². The lowest BCUT2D eigenvalue weighted by molar-refractivity contribution is 0.732. The third-order valence-corrected chi connectivity index (χ3v) is 3.72. The molecule has 2 aromatic rings. The van der Waals surface area contributed by atoms with Crippen molar-refractivity contribution in [2.75, 3.05) is 12.3 Å². The molecule has 96 valence electrons. The smallest absolute Gasteiger partial charge is 0.0991 e. The Kier molecular flexibility index (Phi) is 5.49. The second kappa shape index (κ2) is 7.63. The van der Waals surface area contributed by atoms with E-state index in [0.29, 0.717) is 5.56 Å². The summed E-state index contributed by atoms with van der Waals surface area (Å²) in [7, 11) is 0. The number of thioether (sulfide) groups is 1. The fourth-order valence-electron chi connectivity index (χ4n) is 1.69. The van der Waals surface area contributed by atoms with Gasteiger partial charge in [-0.2, -0.15) is 5.26 Å². The zero-order valence-corrected chi connectivity index (χ0v) is 11.5. The Balaban J connectivity index is 1.65. The average molecular weight is 268 g/mol. The van der Waals surface area contributed by atoms with Gasteiger partial charge in [-0.3, -0.25) is 0 Å². The highest BCUT2D eigenvalue weighted by Gasteiger charge is 1.95. The molecule has 0 bridgehead atoms. The van der Waals surface area contributed by atoms with E-state index in [-0.39, 0.29) is 0 Å². The SMILES string of the molecule is N#Cc1ccc(CNCCSc2ccccc2)cc1. The van der Waals surface area contributed by atoms with Crippen molar-refractivity contribution in [2.45, 2.75) is 11.4 Å². The molecule has 2 nitrogen and oxygen atoms in total. The molecule has 0 fully saturated rings. The van der Waals surface area contributed by atoms with E-state index in [2.05, 4.69) is 35.7 Å². The van der Waals surface area contributed by atoms with E-state index in [1.807, 2.05) is 42.1 Å². The van der Waals surface area contributed by atoms with Crippen LogP contribution in [0.25, 0.3) is 0 Å². The van der Waals surface area contributed by atoms with Gasteiger partial charge in [0.25, 0.3) is 0 Å². The molecule has 2 rings (SSSR count). The van der Waals surface area contributed by atoms with Crippen molar-refractivity contribution in [3.63, 3.8) is 0 Å². The van der Waals surface area contributed by atoms with Gasteiger partial charge in [-0.15, -0.1) is 11.8 Å². The normalized spacial score (nSPS) is 10.1. The Morgan fingerprint density at radius 2 is 1.74 bits per heavy atom. The fraction of sp³-hybridized carbons (Fsp3) is 0.188. The molecule has 0 aliphatic rings. The lowest BCUT2D eigenvalue weighted by Gasteiger charge is -2.05. The first-order valence-corrected chi connectivity index (χ1v) is 7.24. The predicted molar refractivity (Wildman–Crippen MR) is 80.0 cm³/mol.